The third-order valence-electron chi connectivity index (χ3n) is 2.03. The molecule has 0 spiro atoms. The Bertz CT molecular complexity index is 474. The van der Waals surface area contributed by atoms with Crippen molar-refractivity contribution >= 4 is 39.8 Å². The predicted molar refractivity (Wildman–Crippen MR) is 61.9 cm³/mol. The van der Waals surface area contributed by atoms with Crippen molar-refractivity contribution in [3.8, 4) is 0 Å². The van der Waals surface area contributed by atoms with Gasteiger partial charge in [0.05, 0.1) is 22.9 Å². The molecule has 0 bridgehead atoms. The number of carbonyl (C=O) groups excluding carboxylic acids is 2. The Labute approximate surface area is 101 Å². The van der Waals surface area contributed by atoms with Crippen LogP contribution in [0.15, 0.2) is 18.2 Å². The maximum atomic E-state index is 11.5. The third-order valence-corrected chi connectivity index (χ3v) is 3.21. The van der Waals surface area contributed by atoms with Gasteiger partial charge in [-0.3, -0.25) is 4.79 Å². The minimum atomic E-state index is -0.512. The van der Waals surface area contributed by atoms with Crippen LogP contribution in [0.1, 0.15) is 10.4 Å². The van der Waals surface area contributed by atoms with Gasteiger partial charge in [-0.25, -0.2) is 4.79 Å². The minimum absolute atomic E-state index is 0.161. The summed E-state index contributed by atoms with van der Waals surface area (Å²) in [4.78, 5) is 22.9. The Hall–Kier alpha value is -1.33. The van der Waals surface area contributed by atoms with E-state index in [-0.39, 0.29) is 17.4 Å². The number of rotatable bonds is 3. The number of amides is 1. The zero-order chi connectivity index (χ0) is 11.7. The van der Waals surface area contributed by atoms with E-state index in [0.717, 1.165) is 11.3 Å². The first-order valence-electron chi connectivity index (χ1n) is 4.48. The summed E-state index contributed by atoms with van der Waals surface area (Å²) in [7, 11) is 1.28. The number of ether oxygens (including phenoxy) is 1. The zero-order valence-electron chi connectivity index (χ0n) is 8.32. The van der Waals surface area contributed by atoms with Gasteiger partial charge in [0, 0.05) is 0 Å². The topological polar surface area (TPSA) is 55.4 Å². The van der Waals surface area contributed by atoms with Crippen LogP contribution in [0, 0.1) is 5.92 Å². The van der Waals surface area contributed by atoms with E-state index in [4.69, 9.17) is 11.6 Å². The summed E-state index contributed by atoms with van der Waals surface area (Å²) in [5, 5.41) is 3.07. The van der Waals surface area contributed by atoms with Crippen LogP contribution in [-0.2, 0) is 9.53 Å². The average Bonchev–Trinajstić information content (AvgIpc) is 3.03. The smallest absolute Gasteiger partial charge is 0.340 e. The summed E-state index contributed by atoms with van der Waals surface area (Å²) in [5.74, 6) is -0.836. The first-order chi connectivity index (χ1) is 7.61. The van der Waals surface area contributed by atoms with Crippen molar-refractivity contribution in [2.24, 2.45) is 5.92 Å². The summed E-state index contributed by atoms with van der Waals surface area (Å²) in [6.45, 7) is 0. The Morgan fingerprint density at radius 3 is 2.75 bits per heavy atom. The molecule has 1 aliphatic rings. The number of carbonyl (C=O) groups is 2. The standard InChI is InChI=1S/C10H8ClNO3S/c1-15-10(14)6-4-7(11)16-9(6)12-8(13)5-2-3-5/h2-5H,1H3,(H,12,13). The molecule has 0 radical (unpaired) electrons. The Kier molecular flexibility index (Phi) is 2.98. The third kappa shape index (κ3) is 2.25. The maximum Gasteiger partial charge on any atom is 0.340 e. The molecule has 1 amide bonds. The molecular weight excluding hydrogens is 250 g/mol. The lowest BCUT2D eigenvalue weighted by atomic mass is 10.3. The van der Waals surface area contributed by atoms with Gasteiger partial charge < -0.3 is 10.1 Å². The minimum Gasteiger partial charge on any atom is -0.465 e. The van der Waals surface area contributed by atoms with E-state index >= 15 is 0 Å². The van der Waals surface area contributed by atoms with Crippen molar-refractivity contribution in [1.82, 2.24) is 0 Å². The van der Waals surface area contributed by atoms with Gasteiger partial charge in [-0.05, 0) is 6.07 Å². The molecule has 2 rings (SSSR count). The van der Waals surface area contributed by atoms with Gasteiger partial charge in [0.1, 0.15) is 5.00 Å². The molecule has 1 N–H and O–H groups in total. The van der Waals surface area contributed by atoms with Crippen LogP contribution in [0.5, 0.6) is 0 Å². The first-order valence-corrected chi connectivity index (χ1v) is 5.68. The second-order valence-corrected chi connectivity index (χ2v) is 4.87. The number of esters is 1. The summed E-state index contributed by atoms with van der Waals surface area (Å²) in [5.41, 5.74) is 0.284. The van der Waals surface area contributed by atoms with Gasteiger partial charge in [-0.2, -0.15) is 0 Å². The van der Waals surface area contributed by atoms with Crippen molar-refractivity contribution < 1.29 is 14.3 Å². The first kappa shape index (κ1) is 11.2. The fraction of sp³-hybridized carbons (Fsp3) is 0.200. The Balaban J connectivity index is 2.18. The lowest BCUT2D eigenvalue weighted by Gasteiger charge is -2.03. The second kappa shape index (κ2) is 4.27. The molecule has 1 aromatic heterocycles. The summed E-state index contributed by atoms with van der Waals surface area (Å²) in [6.07, 6.45) is 3.53. The molecule has 16 heavy (non-hydrogen) atoms. The molecular formula is C10H8ClNO3S. The van der Waals surface area contributed by atoms with Crippen LogP contribution in [0.25, 0.3) is 0 Å². The molecule has 0 aromatic carbocycles. The monoisotopic (exact) mass is 257 g/mol. The molecule has 0 unspecified atom stereocenters. The van der Waals surface area contributed by atoms with Crippen molar-refractivity contribution in [2.45, 2.75) is 0 Å². The number of hydrogen-bond acceptors (Lipinski definition) is 4. The molecule has 0 atom stereocenters. The van der Waals surface area contributed by atoms with Crippen LogP contribution in [0.3, 0.4) is 0 Å². The quantitative estimate of drug-likeness (QED) is 0.668. The fourth-order valence-electron chi connectivity index (χ4n) is 1.14. The van der Waals surface area contributed by atoms with Gasteiger partial charge in [0.15, 0.2) is 0 Å². The van der Waals surface area contributed by atoms with Crippen LogP contribution in [0.4, 0.5) is 5.00 Å². The number of thiophene rings is 1. The van der Waals surface area contributed by atoms with Gasteiger partial charge in [-0.1, -0.05) is 23.8 Å². The van der Waals surface area contributed by atoms with Crippen LogP contribution in [-0.4, -0.2) is 19.0 Å². The molecule has 84 valence electrons. The van der Waals surface area contributed by atoms with Gasteiger partial charge in [-0.15, -0.1) is 11.3 Å². The molecule has 0 aliphatic heterocycles. The van der Waals surface area contributed by atoms with Gasteiger partial charge in [0.2, 0.25) is 5.91 Å². The normalized spacial score (nSPS) is 13.6. The van der Waals surface area contributed by atoms with Crippen molar-refractivity contribution in [1.29, 1.82) is 0 Å². The van der Waals surface area contributed by atoms with E-state index in [9.17, 15) is 9.59 Å². The molecule has 4 nitrogen and oxygen atoms in total. The van der Waals surface area contributed by atoms with E-state index in [2.05, 4.69) is 10.1 Å². The van der Waals surface area contributed by atoms with Crippen LogP contribution >= 0.6 is 22.9 Å². The lowest BCUT2D eigenvalue weighted by molar-refractivity contribution is -0.116. The van der Waals surface area contributed by atoms with E-state index in [0.29, 0.717) is 9.34 Å². The fourth-order valence-corrected chi connectivity index (χ4v) is 2.26. The Morgan fingerprint density at radius 1 is 1.50 bits per heavy atom. The second-order valence-electron chi connectivity index (χ2n) is 3.18. The largest absolute Gasteiger partial charge is 0.465 e. The van der Waals surface area contributed by atoms with Crippen LogP contribution < -0.4 is 5.32 Å². The van der Waals surface area contributed by atoms with E-state index in [1.54, 1.807) is 12.2 Å². The predicted octanol–water partition coefficient (Wildman–Crippen LogP) is 2.31. The maximum absolute atomic E-state index is 11.5. The highest BCUT2D eigenvalue weighted by molar-refractivity contribution is 7.20. The van der Waals surface area contributed by atoms with Gasteiger partial charge in [0.25, 0.3) is 0 Å². The lowest BCUT2D eigenvalue weighted by Crippen LogP contribution is -2.15. The number of nitrogens with one attached hydrogen (secondary N) is 1. The summed E-state index contributed by atoms with van der Waals surface area (Å²) in [6, 6.07) is 1.48. The highest BCUT2D eigenvalue weighted by atomic mass is 35.5. The molecule has 0 saturated heterocycles. The highest BCUT2D eigenvalue weighted by Gasteiger charge is 2.24. The molecule has 0 fully saturated rings. The SMILES string of the molecule is COC(=O)c1cc(Cl)sc1NC(=O)C1C=C1. The number of anilines is 1. The van der Waals surface area contributed by atoms with E-state index in [1.807, 2.05) is 0 Å². The van der Waals surface area contributed by atoms with Crippen LogP contribution in [0.2, 0.25) is 4.34 Å². The average molecular weight is 258 g/mol. The molecule has 6 heteroatoms. The van der Waals surface area contributed by atoms with Gasteiger partial charge >= 0.3 is 5.97 Å². The zero-order valence-corrected chi connectivity index (χ0v) is 9.89. The van der Waals surface area contributed by atoms with Crippen molar-refractivity contribution in [2.75, 3.05) is 12.4 Å². The molecule has 0 saturated carbocycles. The van der Waals surface area contributed by atoms with E-state index in [1.165, 1.54) is 13.2 Å². The van der Waals surface area contributed by atoms with E-state index < -0.39 is 5.97 Å². The highest BCUT2D eigenvalue weighted by Crippen LogP contribution is 2.33. The molecule has 1 heterocycles. The molecule has 1 aromatic rings. The number of hydrogen-bond donors (Lipinski definition) is 1. The molecule has 1 aliphatic carbocycles. The number of halogens is 1. The van der Waals surface area contributed by atoms with Crippen molar-refractivity contribution in [3.63, 3.8) is 0 Å². The van der Waals surface area contributed by atoms with Crippen molar-refractivity contribution in [3.05, 3.63) is 28.1 Å². The summed E-state index contributed by atoms with van der Waals surface area (Å²) >= 11 is 6.93. The number of methoxy groups -OCH3 is 1. The Morgan fingerprint density at radius 2 is 2.19 bits per heavy atom. The summed E-state index contributed by atoms with van der Waals surface area (Å²) < 4.78 is 5.02.